The smallest absolute Gasteiger partial charge is 0.257 e. The van der Waals surface area contributed by atoms with E-state index in [9.17, 15) is 18.0 Å². The highest BCUT2D eigenvalue weighted by atomic mass is 35.5. The molecule has 4 rings (SSSR count). The number of anilines is 1. The second-order valence-electron chi connectivity index (χ2n) is 7.20. The molecule has 1 aliphatic rings. The largest absolute Gasteiger partial charge is 0.323 e. The lowest BCUT2D eigenvalue weighted by Gasteiger charge is -2.15. The first kappa shape index (κ1) is 22.3. The van der Waals surface area contributed by atoms with Crippen LogP contribution in [0.4, 0.5) is 5.69 Å². The zero-order valence-corrected chi connectivity index (χ0v) is 18.9. The number of halogens is 2. The van der Waals surface area contributed by atoms with E-state index < -0.39 is 21.7 Å². The molecule has 1 aliphatic heterocycles. The molecular weight excluding hydrogens is 473 g/mol. The van der Waals surface area contributed by atoms with Crippen LogP contribution in [0.25, 0.3) is 11.3 Å². The van der Waals surface area contributed by atoms with Crippen molar-refractivity contribution in [1.29, 1.82) is 0 Å². The average Bonchev–Trinajstić information content (AvgIpc) is 3.14. The molecule has 2 aromatic carbocycles. The van der Waals surface area contributed by atoms with Gasteiger partial charge in [-0.05, 0) is 48.5 Å². The SMILES string of the molecule is O=C(Nc1ccc(Cl)c(-c2ccccn2)c1)c1ccc(C(=O)N2CCS(=O)(=O)C2)cc1Cl. The molecule has 0 spiro atoms. The van der Waals surface area contributed by atoms with Crippen LogP contribution in [0, 0.1) is 0 Å². The quantitative estimate of drug-likeness (QED) is 0.593. The zero-order valence-electron chi connectivity index (χ0n) is 16.6. The lowest BCUT2D eigenvalue weighted by atomic mass is 10.1. The Kier molecular flexibility index (Phi) is 6.19. The summed E-state index contributed by atoms with van der Waals surface area (Å²) in [6.45, 7) is 0.135. The fourth-order valence-corrected chi connectivity index (χ4v) is 5.14. The topological polar surface area (TPSA) is 96.4 Å². The van der Waals surface area contributed by atoms with Crippen molar-refractivity contribution < 1.29 is 18.0 Å². The van der Waals surface area contributed by atoms with E-state index in [0.29, 0.717) is 22.0 Å². The maximum Gasteiger partial charge on any atom is 0.257 e. The molecule has 3 aromatic rings. The minimum absolute atomic E-state index is 0.0610. The van der Waals surface area contributed by atoms with Gasteiger partial charge in [0.25, 0.3) is 11.8 Å². The third kappa shape index (κ3) is 4.77. The summed E-state index contributed by atoms with van der Waals surface area (Å²) in [5.41, 5.74) is 2.22. The van der Waals surface area contributed by atoms with Gasteiger partial charge >= 0.3 is 0 Å². The van der Waals surface area contributed by atoms with E-state index in [1.54, 1.807) is 30.5 Å². The van der Waals surface area contributed by atoms with E-state index in [0.717, 1.165) is 0 Å². The first-order valence-corrected chi connectivity index (χ1v) is 12.1. The number of benzene rings is 2. The molecule has 2 amide bonds. The van der Waals surface area contributed by atoms with Gasteiger partial charge in [-0.1, -0.05) is 29.3 Å². The summed E-state index contributed by atoms with van der Waals surface area (Å²) in [5, 5.41) is 3.34. The van der Waals surface area contributed by atoms with Gasteiger partial charge in [-0.15, -0.1) is 0 Å². The van der Waals surface area contributed by atoms with Crippen LogP contribution < -0.4 is 5.32 Å². The van der Waals surface area contributed by atoms with Crippen LogP contribution in [0.15, 0.2) is 60.8 Å². The molecule has 0 saturated carbocycles. The van der Waals surface area contributed by atoms with Gasteiger partial charge in [0, 0.05) is 29.6 Å². The molecule has 0 unspecified atom stereocenters. The maximum absolute atomic E-state index is 12.8. The summed E-state index contributed by atoms with van der Waals surface area (Å²) in [7, 11) is -3.25. The van der Waals surface area contributed by atoms with Crippen LogP contribution in [-0.4, -0.2) is 48.3 Å². The molecule has 1 saturated heterocycles. The van der Waals surface area contributed by atoms with E-state index in [1.165, 1.54) is 23.1 Å². The van der Waals surface area contributed by atoms with Crippen LogP contribution in [0.2, 0.25) is 10.0 Å². The highest BCUT2D eigenvalue weighted by molar-refractivity contribution is 7.91. The first-order chi connectivity index (χ1) is 15.2. The third-order valence-corrected chi connectivity index (χ3v) is 7.09. The van der Waals surface area contributed by atoms with Gasteiger partial charge in [0.1, 0.15) is 5.88 Å². The van der Waals surface area contributed by atoms with Gasteiger partial charge in [0.05, 0.1) is 27.1 Å². The molecule has 0 bridgehead atoms. The number of pyridine rings is 1. The molecule has 10 heteroatoms. The van der Waals surface area contributed by atoms with Crippen molar-refractivity contribution in [1.82, 2.24) is 9.88 Å². The molecule has 1 aromatic heterocycles. The number of rotatable bonds is 4. The molecule has 164 valence electrons. The third-order valence-electron chi connectivity index (χ3n) is 4.94. The Hall–Kier alpha value is -2.94. The highest BCUT2D eigenvalue weighted by Gasteiger charge is 2.30. The molecule has 0 aliphatic carbocycles. The molecule has 1 fully saturated rings. The Morgan fingerprint density at radius 3 is 2.47 bits per heavy atom. The Balaban J connectivity index is 1.53. The van der Waals surface area contributed by atoms with E-state index in [1.807, 2.05) is 12.1 Å². The number of nitrogens with zero attached hydrogens (tertiary/aromatic N) is 2. The van der Waals surface area contributed by atoms with Crippen LogP contribution >= 0.6 is 23.2 Å². The van der Waals surface area contributed by atoms with Gasteiger partial charge in [-0.25, -0.2) is 8.42 Å². The predicted octanol–water partition coefficient (Wildman–Crippen LogP) is 4.14. The maximum atomic E-state index is 12.8. The Morgan fingerprint density at radius 1 is 1.00 bits per heavy atom. The molecule has 1 N–H and O–H groups in total. The summed E-state index contributed by atoms with van der Waals surface area (Å²) in [6.07, 6.45) is 1.65. The molecule has 0 radical (unpaired) electrons. The fraction of sp³-hybridized carbons (Fsp3) is 0.136. The summed E-state index contributed by atoms with van der Waals surface area (Å²) < 4.78 is 23.2. The lowest BCUT2D eigenvalue weighted by Crippen LogP contribution is -2.29. The molecule has 0 atom stereocenters. The second kappa shape index (κ2) is 8.90. The van der Waals surface area contributed by atoms with Crippen molar-refractivity contribution in [3.8, 4) is 11.3 Å². The summed E-state index contributed by atoms with van der Waals surface area (Å²) >= 11 is 12.5. The van der Waals surface area contributed by atoms with E-state index >= 15 is 0 Å². The number of carbonyl (C=O) groups is 2. The summed E-state index contributed by atoms with van der Waals surface area (Å²) in [4.78, 5) is 30.8. The van der Waals surface area contributed by atoms with Crippen LogP contribution in [-0.2, 0) is 9.84 Å². The van der Waals surface area contributed by atoms with Crippen molar-refractivity contribution in [2.24, 2.45) is 0 Å². The predicted molar refractivity (Wildman–Crippen MR) is 124 cm³/mol. The van der Waals surface area contributed by atoms with E-state index in [-0.39, 0.29) is 34.3 Å². The van der Waals surface area contributed by atoms with Gasteiger partial charge in [-0.2, -0.15) is 0 Å². The summed E-state index contributed by atoms with van der Waals surface area (Å²) in [5.74, 6) is -1.29. The molecule has 7 nitrogen and oxygen atoms in total. The number of carbonyl (C=O) groups excluding carboxylic acids is 2. The van der Waals surface area contributed by atoms with Crippen molar-refractivity contribution >= 4 is 50.5 Å². The number of hydrogen-bond acceptors (Lipinski definition) is 5. The number of hydrogen-bond donors (Lipinski definition) is 1. The Bertz CT molecular complexity index is 1310. The van der Waals surface area contributed by atoms with Gasteiger partial charge in [0.2, 0.25) is 0 Å². The number of amides is 2. The second-order valence-corrected chi connectivity index (χ2v) is 10.2. The zero-order chi connectivity index (χ0) is 22.9. The van der Waals surface area contributed by atoms with Gasteiger partial charge in [0.15, 0.2) is 9.84 Å². The van der Waals surface area contributed by atoms with Crippen molar-refractivity contribution in [3.63, 3.8) is 0 Å². The number of sulfone groups is 1. The Labute approximate surface area is 194 Å². The van der Waals surface area contributed by atoms with Crippen LogP contribution in [0.1, 0.15) is 20.7 Å². The van der Waals surface area contributed by atoms with Crippen LogP contribution in [0.5, 0.6) is 0 Å². The van der Waals surface area contributed by atoms with Crippen molar-refractivity contribution in [3.05, 3.63) is 82.0 Å². The highest BCUT2D eigenvalue weighted by Crippen LogP contribution is 2.30. The standard InChI is InChI=1S/C22H17Cl2N3O4S/c23-18-7-5-15(12-17(18)20-3-1-2-8-25-20)26-21(28)16-6-4-14(11-19(16)24)22(29)27-9-10-32(30,31)13-27/h1-8,11-12H,9-10,13H2,(H,26,28). The van der Waals surface area contributed by atoms with Crippen LogP contribution in [0.3, 0.4) is 0 Å². The first-order valence-electron chi connectivity index (χ1n) is 9.55. The monoisotopic (exact) mass is 489 g/mol. The fourth-order valence-electron chi connectivity index (χ4n) is 3.31. The normalized spacial score (nSPS) is 14.9. The lowest BCUT2D eigenvalue weighted by molar-refractivity contribution is 0.0801. The Morgan fingerprint density at radius 2 is 1.81 bits per heavy atom. The minimum atomic E-state index is -3.25. The number of nitrogens with one attached hydrogen (secondary N) is 1. The minimum Gasteiger partial charge on any atom is -0.323 e. The van der Waals surface area contributed by atoms with Gasteiger partial charge in [-0.3, -0.25) is 14.6 Å². The summed E-state index contributed by atoms with van der Waals surface area (Å²) in [6, 6.07) is 14.7. The van der Waals surface area contributed by atoms with E-state index in [4.69, 9.17) is 23.2 Å². The van der Waals surface area contributed by atoms with Gasteiger partial charge < -0.3 is 10.2 Å². The molecule has 2 heterocycles. The molecular formula is C22H17Cl2N3O4S. The van der Waals surface area contributed by atoms with E-state index in [2.05, 4.69) is 10.3 Å². The van der Waals surface area contributed by atoms with Crippen molar-refractivity contribution in [2.45, 2.75) is 0 Å². The average molecular weight is 490 g/mol. The number of aromatic nitrogens is 1. The van der Waals surface area contributed by atoms with Crippen molar-refractivity contribution in [2.75, 3.05) is 23.5 Å². The molecule has 32 heavy (non-hydrogen) atoms.